The summed E-state index contributed by atoms with van der Waals surface area (Å²) in [5.74, 6) is -0.542. The van der Waals surface area contributed by atoms with Gasteiger partial charge in [-0.1, -0.05) is 0 Å². The first-order chi connectivity index (χ1) is 7.59. The van der Waals surface area contributed by atoms with Gasteiger partial charge in [0, 0.05) is 18.8 Å². The van der Waals surface area contributed by atoms with E-state index in [1.807, 2.05) is 4.90 Å². The van der Waals surface area contributed by atoms with Crippen LogP contribution in [0.2, 0.25) is 0 Å². The van der Waals surface area contributed by atoms with E-state index >= 15 is 0 Å². The molecule has 5 heteroatoms. The number of benzene rings is 1. The van der Waals surface area contributed by atoms with Crippen molar-refractivity contribution in [1.29, 1.82) is 0 Å². The van der Waals surface area contributed by atoms with Gasteiger partial charge in [0.15, 0.2) is 0 Å². The number of hydrogen-bond donors (Lipinski definition) is 0. The first-order valence-electron chi connectivity index (χ1n) is 5.29. The minimum absolute atomic E-state index is 0.137. The fourth-order valence-corrected chi connectivity index (χ4v) is 2.13. The standard InChI is InChI=1S/C11H13FN2O2/c1-8-10(13-4-2-3-5-13)6-9(12)7-11(8)14(15)16/h6-7H,2-5H2,1H3. The molecule has 0 amide bonds. The molecule has 0 unspecified atom stereocenters. The Balaban J connectivity index is 2.47. The first kappa shape index (κ1) is 10.9. The summed E-state index contributed by atoms with van der Waals surface area (Å²) in [6.07, 6.45) is 2.12. The number of anilines is 1. The van der Waals surface area contributed by atoms with E-state index in [0.29, 0.717) is 11.3 Å². The van der Waals surface area contributed by atoms with Crippen LogP contribution in [0.3, 0.4) is 0 Å². The lowest BCUT2D eigenvalue weighted by molar-refractivity contribution is -0.385. The van der Waals surface area contributed by atoms with Gasteiger partial charge in [0.1, 0.15) is 5.82 Å². The Morgan fingerprint density at radius 1 is 1.38 bits per heavy atom. The normalized spacial score (nSPS) is 15.5. The van der Waals surface area contributed by atoms with Crippen LogP contribution in [-0.2, 0) is 0 Å². The van der Waals surface area contributed by atoms with Gasteiger partial charge in [0.2, 0.25) is 0 Å². The summed E-state index contributed by atoms with van der Waals surface area (Å²) in [4.78, 5) is 12.2. The SMILES string of the molecule is Cc1c(N2CCCC2)cc(F)cc1[N+](=O)[O-]. The molecule has 1 fully saturated rings. The third-order valence-electron chi connectivity index (χ3n) is 2.96. The molecule has 86 valence electrons. The fourth-order valence-electron chi connectivity index (χ4n) is 2.13. The van der Waals surface area contributed by atoms with Crippen molar-refractivity contribution in [3.8, 4) is 0 Å². The first-order valence-corrected chi connectivity index (χ1v) is 5.29. The smallest absolute Gasteiger partial charge is 0.277 e. The molecule has 0 saturated carbocycles. The maximum absolute atomic E-state index is 13.3. The zero-order valence-corrected chi connectivity index (χ0v) is 9.07. The van der Waals surface area contributed by atoms with Crippen molar-refractivity contribution in [2.75, 3.05) is 18.0 Å². The summed E-state index contributed by atoms with van der Waals surface area (Å²) < 4.78 is 13.3. The zero-order valence-electron chi connectivity index (χ0n) is 9.07. The molecule has 0 spiro atoms. The topological polar surface area (TPSA) is 46.4 Å². The van der Waals surface area contributed by atoms with E-state index in [1.54, 1.807) is 6.92 Å². The highest BCUT2D eigenvalue weighted by molar-refractivity contribution is 5.62. The Hall–Kier alpha value is -1.65. The van der Waals surface area contributed by atoms with Crippen molar-refractivity contribution in [3.05, 3.63) is 33.6 Å². The van der Waals surface area contributed by atoms with Crippen LogP contribution in [0, 0.1) is 22.9 Å². The second kappa shape index (κ2) is 4.08. The van der Waals surface area contributed by atoms with Gasteiger partial charge in [-0.15, -0.1) is 0 Å². The van der Waals surface area contributed by atoms with Crippen LogP contribution in [-0.4, -0.2) is 18.0 Å². The molecule has 0 atom stereocenters. The van der Waals surface area contributed by atoms with E-state index in [4.69, 9.17) is 0 Å². The summed E-state index contributed by atoms with van der Waals surface area (Å²) in [6, 6.07) is 2.36. The molecule has 1 aromatic rings. The number of rotatable bonds is 2. The molecular weight excluding hydrogens is 211 g/mol. The molecule has 0 N–H and O–H groups in total. The highest BCUT2D eigenvalue weighted by Gasteiger charge is 2.21. The zero-order chi connectivity index (χ0) is 11.7. The molecule has 0 aliphatic carbocycles. The Morgan fingerprint density at radius 2 is 2.00 bits per heavy atom. The monoisotopic (exact) mass is 224 g/mol. The highest BCUT2D eigenvalue weighted by atomic mass is 19.1. The number of nitrogens with zero attached hydrogens (tertiary/aromatic N) is 2. The molecule has 1 aliphatic heterocycles. The van der Waals surface area contributed by atoms with Crippen molar-refractivity contribution in [2.45, 2.75) is 19.8 Å². The van der Waals surface area contributed by atoms with Crippen molar-refractivity contribution in [3.63, 3.8) is 0 Å². The van der Waals surface area contributed by atoms with Crippen LogP contribution in [0.5, 0.6) is 0 Å². The van der Waals surface area contributed by atoms with Gasteiger partial charge in [0.05, 0.1) is 16.6 Å². The molecule has 0 aromatic heterocycles. The van der Waals surface area contributed by atoms with Crippen molar-refractivity contribution >= 4 is 11.4 Å². The molecule has 1 saturated heterocycles. The van der Waals surface area contributed by atoms with Gasteiger partial charge >= 0.3 is 0 Å². The van der Waals surface area contributed by atoms with Crippen molar-refractivity contribution in [2.24, 2.45) is 0 Å². The third-order valence-corrected chi connectivity index (χ3v) is 2.96. The van der Waals surface area contributed by atoms with E-state index in [2.05, 4.69) is 0 Å². The quantitative estimate of drug-likeness (QED) is 0.573. The molecule has 1 aromatic carbocycles. The van der Waals surface area contributed by atoms with Crippen LogP contribution < -0.4 is 4.90 Å². The average molecular weight is 224 g/mol. The molecule has 1 aliphatic rings. The van der Waals surface area contributed by atoms with Gasteiger partial charge in [-0.05, 0) is 25.8 Å². The third kappa shape index (κ3) is 1.85. The summed E-state index contributed by atoms with van der Waals surface area (Å²) in [5.41, 5.74) is 1.07. The second-order valence-corrected chi connectivity index (χ2v) is 4.02. The van der Waals surface area contributed by atoms with E-state index in [0.717, 1.165) is 32.0 Å². The summed E-state index contributed by atoms with van der Waals surface area (Å²) in [5, 5.41) is 10.8. The molecule has 2 rings (SSSR count). The van der Waals surface area contributed by atoms with E-state index in [-0.39, 0.29) is 5.69 Å². The fraction of sp³-hybridized carbons (Fsp3) is 0.455. The lowest BCUT2D eigenvalue weighted by Gasteiger charge is -2.19. The van der Waals surface area contributed by atoms with Crippen LogP contribution in [0.1, 0.15) is 18.4 Å². The molecule has 0 bridgehead atoms. The number of hydrogen-bond acceptors (Lipinski definition) is 3. The lowest BCUT2D eigenvalue weighted by atomic mass is 10.1. The predicted molar refractivity (Wildman–Crippen MR) is 59.2 cm³/mol. The van der Waals surface area contributed by atoms with E-state index in [1.165, 1.54) is 6.07 Å². The molecule has 0 radical (unpaired) electrons. The van der Waals surface area contributed by atoms with Crippen LogP contribution in [0.4, 0.5) is 15.8 Å². The number of halogens is 1. The van der Waals surface area contributed by atoms with Gasteiger partial charge in [0.25, 0.3) is 5.69 Å². The van der Waals surface area contributed by atoms with Gasteiger partial charge in [-0.3, -0.25) is 10.1 Å². The molecule has 1 heterocycles. The number of nitro benzene ring substituents is 1. The molecule has 4 nitrogen and oxygen atoms in total. The van der Waals surface area contributed by atoms with Crippen LogP contribution in [0.25, 0.3) is 0 Å². The minimum Gasteiger partial charge on any atom is -0.371 e. The van der Waals surface area contributed by atoms with Gasteiger partial charge in [-0.2, -0.15) is 0 Å². The molecule has 16 heavy (non-hydrogen) atoms. The summed E-state index contributed by atoms with van der Waals surface area (Å²) >= 11 is 0. The van der Waals surface area contributed by atoms with E-state index < -0.39 is 10.7 Å². The Bertz CT molecular complexity index is 428. The summed E-state index contributed by atoms with van der Waals surface area (Å²) in [6.45, 7) is 3.37. The Labute approximate surface area is 92.8 Å². The minimum atomic E-state index is -0.542. The highest BCUT2D eigenvalue weighted by Crippen LogP contribution is 2.31. The van der Waals surface area contributed by atoms with Crippen LogP contribution >= 0.6 is 0 Å². The maximum Gasteiger partial charge on any atom is 0.277 e. The average Bonchev–Trinajstić information content (AvgIpc) is 2.73. The van der Waals surface area contributed by atoms with Crippen LogP contribution in [0.15, 0.2) is 12.1 Å². The number of nitro groups is 1. The van der Waals surface area contributed by atoms with Crippen molar-refractivity contribution in [1.82, 2.24) is 0 Å². The maximum atomic E-state index is 13.3. The van der Waals surface area contributed by atoms with E-state index in [9.17, 15) is 14.5 Å². The predicted octanol–water partition coefficient (Wildman–Crippen LogP) is 2.64. The lowest BCUT2D eigenvalue weighted by Crippen LogP contribution is -2.19. The Morgan fingerprint density at radius 3 is 2.56 bits per heavy atom. The Kier molecular flexibility index (Phi) is 2.77. The van der Waals surface area contributed by atoms with Crippen molar-refractivity contribution < 1.29 is 9.31 Å². The van der Waals surface area contributed by atoms with Gasteiger partial charge < -0.3 is 4.90 Å². The van der Waals surface area contributed by atoms with Gasteiger partial charge in [-0.25, -0.2) is 4.39 Å². The molecular formula is C11H13FN2O2. The summed E-state index contributed by atoms with van der Waals surface area (Å²) in [7, 11) is 0. The second-order valence-electron chi connectivity index (χ2n) is 4.02. The largest absolute Gasteiger partial charge is 0.371 e.